The van der Waals surface area contributed by atoms with E-state index in [1.54, 1.807) is 30.5 Å². The van der Waals surface area contributed by atoms with Crippen LogP contribution in [0.25, 0.3) is 6.08 Å². The maximum atomic E-state index is 11.9. The summed E-state index contributed by atoms with van der Waals surface area (Å²) in [5, 5.41) is 11.3. The smallest absolute Gasteiger partial charge is 0.328 e. The SMILES string of the molecule is O=C(O)/C=C/c1ccc(C(=O)NCc2ccccn2)cc1. The first-order valence-electron chi connectivity index (χ1n) is 6.34. The number of carboxylic acid groups (broad SMARTS) is 1. The average Bonchev–Trinajstić information content (AvgIpc) is 2.52. The number of carbonyl (C=O) groups is 2. The van der Waals surface area contributed by atoms with Crippen LogP contribution < -0.4 is 5.32 Å². The highest BCUT2D eigenvalue weighted by Crippen LogP contribution is 2.06. The van der Waals surface area contributed by atoms with E-state index in [0.717, 1.165) is 17.3 Å². The van der Waals surface area contributed by atoms with Crippen LogP contribution in [0.4, 0.5) is 0 Å². The van der Waals surface area contributed by atoms with E-state index in [2.05, 4.69) is 10.3 Å². The Morgan fingerprint density at radius 2 is 1.90 bits per heavy atom. The molecular formula is C16H14N2O3. The number of rotatable bonds is 5. The molecule has 0 saturated heterocycles. The van der Waals surface area contributed by atoms with Crippen LogP contribution in [-0.2, 0) is 11.3 Å². The summed E-state index contributed by atoms with van der Waals surface area (Å²) in [4.78, 5) is 26.5. The zero-order valence-corrected chi connectivity index (χ0v) is 11.2. The van der Waals surface area contributed by atoms with Gasteiger partial charge in [-0.1, -0.05) is 18.2 Å². The highest BCUT2D eigenvalue weighted by atomic mass is 16.4. The predicted octanol–water partition coefficient (Wildman–Crippen LogP) is 2.11. The predicted molar refractivity (Wildman–Crippen MR) is 78.5 cm³/mol. The van der Waals surface area contributed by atoms with Gasteiger partial charge in [-0.25, -0.2) is 4.79 Å². The molecule has 2 aromatic rings. The highest BCUT2D eigenvalue weighted by Gasteiger charge is 2.04. The van der Waals surface area contributed by atoms with Crippen LogP contribution in [0.1, 0.15) is 21.6 Å². The van der Waals surface area contributed by atoms with Crippen LogP contribution in [0.5, 0.6) is 0 Å². The number of aromatic nitrogens is 1. The summed E-state index contributed by atoms with van der Waals surface area (Å²) >= 11 is 0. The van der Waals surface area contributed by atoms with Crippen molar-refractivity contribution in [2.75, 3.05) is 0 Å². The molecule has 5 nitrogen and oxygen atoms in total. The number of hydrogen-bond donors (Lipinski definition) is 2. The van der Waals surface area contributed by atoms with Gasteiger partial charge in [-0.05, 0) is 35.9 Å². The van der Waals surface area contributed by atoms with Crippen LogP contribution >= 0.6 is 0 Å². The van der Waals surface area contributed by atoms with Crippen molar-refractivity contribution in [2.45, 2.75) is 6.54 Å². The third-order valence-corrected chi connectivity index (χ3v) is 2.75. The number of nitrogens with one attached hydrogen (secondary N) is 1. The van der Waals surface area contributed by atoms with Crippen LogP contribution in [0.15, 0.2) is 54.7 Å². The second kappa shape index (κ2) is 7.00. The number of pyridine rings is 1. The second-order valence-corrected chi connectivity index (χ2v) is 4.30. The molecule has 0 bridgehead atoms. The minimum absolute atomic E-state index is 0.200. The van der Waals surface area contributed by atoms with Gasteiger partial charge in [-0.3, -0.25) is 9.78 Å². The van der Waals surface area contributed by atoms with Gasteiger partial charge >= 0.3 is 5.97 Å². The molecule has 0 aliphatic carbocycles. The third-order valence-electron chi connectivity index (χ3n) is 2.75. The van der Waals surface area contributed by atoms with Crippen molar-refractivity contribution in [3.8, 4) is 0 Å². The molecule has 0 fully saturated rings. The molecule has 106 valence electrons. The summed E-state index contributed by atoms with van der Waals surface area (Å²) in [7, 11) is 0. The summed E-state index contributed by atoms with van der Waals surface area (Å²) in [5.74, 6) is -1.21. The van der Waals surface area contributed by atoms with Gasteiger partial charge < -0.3 is 10.4 Å². The van der Waals surface area contributed by atoms with Crippen LogP contribution in [0.2, 0.25) is 0 Å². The molecule has 5 heteroatoms. The van der Waals surface area contributed by atoms with E-state index < -0.39 is 5.97 Å². The lowest BCUT2D eigenvalue weighted by molar-refractivity contribution is -0.131. The van der Waals surface area contributed by atoms with Crippen molar-refractivity contribution in [3.05, 3.63) is 71.6 Å². The fourth-order valence-corrected chi connectivity index (χ4v) is 1.69. The monoisotopic (exact) mass is 282 g/mol. The number of carbonyl (C=O) groups excluding carboxylic acids is 1. The number of hydrogen-bond acceptors (Lipinski definition) is 3. The van der Waals surface area contributed by atoms with E-state index in [9.17, 15) is 9.59 Å². The number of aliphatic carboxylic acids is 1. The first-order chi connectivity index (χ1) is 10.1. The lowest BCUT2D eigenvalue weighted by atomic mass is 10.1. The standard InChI is InChI=1S/C16H14N2O3/c19-15(20)9-6-12-4-7-13(8-5-12)16(21)18-11-14-3-1-2-10-17-14/h1-10H,11H2,(H,18,21)(H,19,20)/b9-6+. The van der Waals surface area contributed by atoms with E-state index in [-0.39, 0.29) is 5.91 Å². The molecule has 2 N–H and O–H groups in total. The van der Waals surface area contributed by atoms with Crippen molar-refractivity contribution < 1.29 is 14.7 Å². The number of nitrogens with zero attached hydrogens (tertiary/aromatic N) is 1. The minimum Gasteiger partial charge on any atom is -0.478 e. The van der Waals surface area contributed by atoms with E-state index >= 15 is 0 Å². The van der Waals surface area contributed by atoms with Gasteiger partial charge in [0, 0.05) is 17.8 Å². The zero-order valence-electron chi connectivity index (χ0n) is 11.2. The lowest BCUT2D eigenvalue weighted by Gasteiger charge is -2.05. The summed E-state index contributed by atoms with van der Waals surface area (Å²) in [6, 6.07) is 12.2. The van der Waals surface area contributed by atoms with Crippen molar-refractivity contribution in [1.29, 1.82) is 0 Å². The maximum Gasteiger partial charge on any atom is 0.328 e. The summed E-state index contributed by atoms with van der Waals surface area (Å²) in [6.07, 6.45) is 4.19. The average molecular weight is 282 g/mol. The summed E-state index contributed by atoms with van der Waals surface area (Å²) < 4.78 is 0. The van der Waals surface area contributed by atoms with Crippen LogP contribution in [0.3, 0.4) is 0 Å². The molecule has 1 amide bonds. The Labute approximate surface area is 122 Å². The molecule has 0 unspecified atom stereocenters. The Morgan fingerprint density at radius 3 is 2.52 bits per heavy atom. The molecule has 1 heterocycles. The first kappa shape index (κ1) is 14.5. The Balaban J connectivity index is 1.95. The van der Waals surface area contributed by atoms with E-state index in [1.165, 1.54) is 6.08 Å². The van der Waals surface area contributed by atoms with Crippen molar-refractivity contribution in [3.63, 3.8) is 0 Å². The minimum atomic E-state index is -1.01. The van der Waals surface area contributed by atoms with Crippen LogP contribution in [-0.4, -0.2) is 22.0 Å². The molecule has 21 heavy (non-hydrogen) atoms. The third kappa shape index (κ3) is 4.58. The Morgan fingerprint density at radius 1 is 1.14 bits per heavy atom. The lowest BCUT2D eigenvalue weighted by Crippen LogP contribution is -2.23. The molecular weight excluding hydrogens is 268 g/mol. The molecule has 0 atom stereocenters. The zero-order chi connectivity index (χ0) is 15.1. The number of benzene rings is 1. The molecule has 0 aliphatic rings. The molecule has 0 saturated carbocycles. The Hall–Kier alpha value is -2.95. The molecule has 0 radical (unpaired) electrons. The molecule has 1 aromatic heterocycles. The van der Waals surface area contributed by atoms with E-state index in [4.69, 9.17) is 5.11 Å². The molecule has 1 aromatic carbocycles. The largest absolute Gasteiger partial charge is 0.478 e. The van der Waals surface area contributed by atoms with Gasteiger partial charge in [0.2, 0.25) is 0 Å². The van der Waals surface area contributed by atoms with Crippen molar-refractivity contribution in [2.24, 2.45) is 0 Å². The van der Waals surface area contributed by atoms with Gasteiger partial charge in [-0.15, -0.1) is 0 Å². The van der Waals surface area contributed by atoms with Gasteiger partial charge in [0.05, 0.1) is 12.2 Å². The Kier molecular flexibility index (Phi) is 4.82. The number of amides is 1. The topological polar surface area (TPSA) is 79.3 Å². The molecule has 0 aliphatic heterocycles. The quantitative estimate of drug-likeness (QED) is 0.823. The Bertz CT molecular complexity index is 649. The van der Waals surface area contributed by atoms with Crippen molar-refractivity contribution >= 4 is 18.0 Å². The van der Waals surface area contributed by atoms with Crippen molar-refractivity contribution in [1.82, 2.24) is 10.3 Å². The first-order valence-corrected chi connectivity index (χ1v) is 6.34. The van der Waals surface area contributed by atoms with E-state index in [0.29, 0.717) is 12.1 Å². The van der Waals surface area contributed by atoms with Crippen LogP contribution in [0, 0.1) is 0 Å². The fraction of sp³-hybridized carbons (Fsp3) is 0.0625. The van der Waals surface area contributed by atoms with Gasteiger partial charge in [0.25, 0.3) is 5.91 Å². The summed E-state index contributed by atoms with van der Waals surface area (Å²) in [5.41, 5.74) is 2.02. The summed E-state index contributed by atoms with van der Waals surface area (Å²) in [6.45, 7) is 0.361. The highest BCUT2D eigenvalue weighted by molar-refractivity contribution is 5.94. The number of carboxylic acids is 1. The van der Waals surface area contributed by atoms with Gasteiger partial charge in [0.15, 0.2) is 0 Å². The van der Waals surface area contributed by atoms with E-state index in [1.807, 2.05) is 18.2 Å². The maximum absolute atomic E-state index is 11.9. The van der Waals surface area contributed by atoms with Gasteiger partial charge in [0.1, 0.15) is 0 Å². The molecule has 0 spiro atoms. The molecule has 2 rings (SSSR count). The van der Waals surface area contributed by atoms with Gasteiger partial charge in [-0.2, -0.15) is 0 Å². The fourth-order valence-electron chi connectivity index (χ4n) is 1.69. The normalized spacial score (nSPS) is 10.5. The second-order valence-electron chi connectivity index (χ2n) is 4.30.